The van der Waals surface area contributed by atoms with Crippen LogP contribution in [0.1, 0.15) is 5.76 Å². The van der Waals surface area contributed by atoms with Gasteiger partial charge in [0.05, 0.1) is 30.5 Å². The molecule has 3 heterocycles. The molecule has 1 N–H and O–H groups in total. The van der Waals surface area contributed by atoms with Crippen LogP contribution in [0.2, 0.25) is 0 Å². The molecule has 0 unspecified atom stereocenters. The standard InChI is InChI=1S/C19H13BrF2N4O3S/c20-13-7-11(21)8-14(22)17(13)23-16(27)10-30-19-25-24-18(15-4-2-6-29-15)26(19)9-12-3-1-5-28-12/h1-8H,9-10H2,(H,23,27). The van der Waals surface area contributed by atoms with Crippen molar-refractivity contribution in [3.05, 3.63) is 70.8 Å². The molecule has 0 saturated carbocycles. The normalized spacial score (nSPS) is 11.0. The van der Waals surface area contributed by atoms with Crippen LogP contribution in [0.25, 0.3) is 11.6 Å². The van der Waals surface area contributed by atoms with Gasteiger partial charge in [-0.25, -0.2) is 8.78 Å². The fourth-order valence-corrected chi connectivity index (χ4v) is 3.90. The number of furan rings is 2. The predicted molar refractivity (Wildman–Crippen MR) is 109 cm³/mol. The fourth-order valence-electron chi connectivity index (χ4n) is 2.65. The van der Waals surface area contributed by atoms with E-state index >= 15 is 0 Å². The summed E-state index contributed by atoms with van der Waals surface area (Å²) in [6, 6.07) is 8.82. The van der Waals surface area contributed by atoms with Crippen molar-refractivity contribution >= 4 is 39.3 Å². The summed E-state index contributed by atoms with van der Waals surface area (Å²) in [7, 11) is 0. The number of halogens is 3. The Labute approximate surface area is 181 Å². The van der Waals surface area contributed by atoms with Gasteiger partial charge in [-0.15, -0.1) is 10.2 Å². The van der Waals surface area contributed by atoms with Gasteiger partial charge in [0.15, 0.2) is 16.7 Å². The van der Waals surface area contributed by atoms with Crippen LogP contribution in [-0.2, 0) is 11.3 Å². The lowest BCUT2D eigenvalue weighted by molar-refractivity contribution is -0.113. The molecule has 0 atom stereocenters. The van der Waals surface area contributed by atoms with Crippen molar-refractivity contribution < 1.29 is 22.4 Å². The van der Waals surface area contributed by atoms with Gasteiger partial charge >= 0.3 is 0 Å². The van der Waals surface area contributed by atoms with Gasteiger partial charge < -0.3 is 14.2 Å². The van der Waals surface area contributed by atoms with Crippen molar-refractivity contribution in [2.24, 2.45) is 0 Å². The van der Waals surface area contributed by atoms with Crippen molar-refractivity contribution in [3.8, 4) is 11.6 Å². The van der Waals surface area contributed by atoms with Crippen LogP contribution >= 0.6 is 27.7 Å². The molecule has 4 rings (SSSR count). The summed E-state index contributed by atoms with van der Waals surface area (Å²) in [4.78, 5) is 12.3. The van der Waals surface area contributed by atoms with Crippen LogP contribution in [-0.4, -0.2) is 26.4 Å². The molecule has 0 aliphatic rings. The van der Waals surface area contributed by atoms with Gasteiger partial charge in [-0.1, -0.05) is 11.8 Å². The molecule has 0 fully saturated rings. The second-order valence-electron chi connectivity index (χ2n) is 6.03. The van der Waals surface area contributed by atoms with Gasteiger partial charge in [-0.05, 0) is 46.3 Å². The first-order valence-corrected chi connectivity index (χ1v) is 10.4. The van der Waals surface area contributed by atoms with Crippen molar-refractivity contribution in [3.63, 3.8) is 0 Å². The quantitative estimate of drug-likeness (QED) is 0.365. The van der Waals surface area contributed by atoms with Gasteiger partial charge in [-0.2, -0.15) is 0 Å². The zero-order valence-corrected chi connectivity index (χ0v) is 17.5. The number of aromatic nitrogens is 3. The molecule has 4 aromatic rings. The van der Waals surface area contributed by atoms with E-state index in [1.54, 1.807) is 29.0 Å². The van der Waals surface area contributed by atoms with E-state index in [0.29, 0.717) is 35.1 Å². The number of thioether (sulfide) groups is 1. The number of hydrogen-bond acceptors (Lipinski definition) is 6. The van der Waals surface area contributed by atoms with Gasteiger partial charge in [-0.3, -0.25) is 9.36 Å². The second-order valence-corrected chi connectivity index (χ2v) is 7.83. The molecule has 0 radical (unpaired) electrons. The number of carbonyl (C=O) groups is 1. The van der Waals surface area contributed by atoms with E-state index in [-0.39, 0.29) is 15.9 Å². The summed E-state index contributed by atoms with van der Waals surface area (Å²) < 4.78 is 39.8. The number of benzene rings is 1. The summed E-state index contributed by atoms with van der Waals surface area (Å²) in [5, 5.41) is 11.2. The SMILES string of the molecule is O=C(CSc1nnc(-c2ccco2)n1Cc1ccco1)Nc1c(F)cc(F)cc1Br. The zero-order chi connectivity index (χ0) is 21.1. The lowest BCUT2D eigenvalue weighted by atomic mass is 10.3. The summed E-state index contributed by atoms with van der Waals surface area (Å²) in [5.74, 6) is -0.513. The first kappa shape index (κ1) is 20.4. The van der Waals surface area contributed by atoms with E-state index in [4.69, 9.17) is 8.83 Å². The van der Waals surface area contributed by atoms with Gasteiger partial charge in [0.25, 0.3) is 0 Å². The Kier molecular flexibility index (Phi) is 6.00. The van der Waals surface area contributed by atoms with E-state index in [2.05, 4.69) is 31.4 Å². The molecule has 7 nitrogen and oxygen atoms in total. The molecule has 0 saturated heterocycles. The van der Waals surface area contributed by atoms with E-state index < -0.39 is 17.5 Å². The number of nitrogens with zero attached hydrogens (tertiary/aromatic N) is 3. The lowest BCUT2D eigenvalue weighted by Crippen LogP contribution is -2.16. The van der Waals surface area contributed by atoms with Crippen molar-refractivity contribution in [2.75, 3.05) is 11.1 Å². The highest BCUT2D eigenvalue weighted by Gasteiger charge is 2.19. The molecule has 0 aliphatic heterocycles. The minimum Gasteiger partial charge on any atom is -0.467 e. The van der Waals surface area contributed by atoms with Crippen LogP contribution in [0.4, 0.5) is 14.5 Å². The third-order valence-electron chi connectivity index (χ3n) is 3.96. The smallest absolute Gasteiger partial charge is 0.234 e. The maximum Gasteiger partial charge on any atom is 0.234 e. The Morgan fingerprint density at radius 1 is 1.17 bits per heavy atom. The number of anilines is 1. The molecule has 154 valence electrons. The fraction of sp³-hybridized carbons (Fsp3) is 0.105. The maximum absolute atomic E-state index is 13.9. The topological polar surface area (TPSA) is 86.1 Å². The lowest BCUT2D eigenvalue weighted by Gasteiger charge is -2.10. The van der Waals surface area contributed by atoms with E-state index in [0.717, 1.165) is 17.8 Å². The molecule has 0 spiro atoms. The summed E-state index contributed by atoms with van der Waals surface area (Å²) in [6.07, 6.45) is 3.08. The number of rotatable bonds is 7. The number of amides is 1. The average Bonchev–Trinajstić information content (AvgIpc) is 3.45. The van der Waals surface area contributed by atoms with Crippen molar-refractivity contribution in [1.29, 1.82) is 0 Å². The molecule has 11 heteroatoms. The van der Waals surface area contributed by atoms with Gasteiger partial charge in [0.1, 0.15) is 11.6 Å². The van der Waals surface area contributed by atoms with Crippen molar-refractivity contribution in [1.82, 2.24) is 14.8 Å². The highest BCUT2D eigenvalue weighted by molar-refractivity contribution is 9.10. The highest BCUT2D eigenvalue weighted by atomic mass is 79.9. The monoisotopic (exact) mass is 494 g/mol. The van der Waals surface area contributed by atoms with E-state index in [9.17, 15) is 13.6 Å². The van der Waals surface area contributed by atoms with Crippen LogP contribution < -0.4 is 5.32 Å². The Morgan fingerprint density at radius 3 is 2.67 bits per heavy atom. The molecular weight excluding hydrogens is 482 g/mol. The third-order valence-corrected chi connectivity index (χ3v) is 5.55. The van der Waals surface area contributed by atoms with Crippen LogP contribution in [0.3, 0.4) is 0 Å². The largest absolute Gasteiger partial charge is 0.467 e. The molecule has 0 bridgehead atoms. The van der Waals surface area contributed by atoms with Crippen LogP contribution in [0.5, 0.6) is 0 Å². The first-order valence-electron chi connectivity index (χ1n) is 8.58. The minimum absolute atomic E-state index is 0.0717. The Bertz CT molecular complexity index is 1140. The predicted octanol–water partition coefficient (Wildman–Crippen LogP) is 4.95. The Balaban J connectivity index is 1.51. The number of nitrogens with one attached hydrogen (secondary N) is 1. The third kappa shape index (κ3) is 4.46. The van der Waals surface area contributed by atoms with E-state index in [1.165, 1.54) is 6.26 Å². The molecule has 1 aromatic carbocycles. The number of hydrogen-bond donors (Lipinski definition) is 1. The Morgan fingerprint density at radius 2 is 1.97 bits per heavy atom. The van der Waals surface area contributed by atoms with Gasteiger partial charge in [0, 0.05) is 10.5 Å². The average molecular weight is 495 g/mol. The Hall–Kier alpha value is -2.92. The molecule has 3 aromatic heterocycles. The summed E-state index contributed by atoms with van der Waals surface area (Å²) >= 11 is 4.16. The highest BCUT2D eigenvalue weighted by Crippen LogP contribution is 2.28. The molecule has 30 heavy (non-hydrogen) atoms. The van der Waals surface area contributed by atoms with Crippen LogP contribution in [0, 0.1) is 11.6 Å². The van der Waals surface area contributed by atoms with E-state index in [1.807, 2.05) is 6.07 Å². The molecule has 1 amide bonds. The van der Waals surface area contributed by atoms with Crippen LogP contribution in [0.15, 0.2) is 67.4 Å². The zero-order valence-electron chi connectivity index (χ0n) is 15.1. The summed E-state index contributed by atoms with van der Waals surface area (Å²) in [5.41, 5.74) is -0.129. The maximum atomic E-state index is 13.9. The first-order chi connectivity index (χ1) is 14.5. The second kappa shape index (κ2) is 8.84. The minimum atomic E-state index is -0.874. The molecular formula is C19H13BrF2N4O3S. The number of carbonyl (C=O) groups excluding carboxylic acids is 1. The molecule has 0 aliphatic carbocycles. The summed E-state index contributed by atoms with van der Waals surface area (Å²) in [6.45, 7) is 0.331. The van der Waals surface area contributed by atoms with Crippen molar-refractivity contribution in [2.45, 2.75) is 11.7 Å². The van der Waals surface area contributed by atoms with Gasteiger partial charge in [0.2, 0.25) is 11.7 Å².